The van der Waals surface area contributed by atoms with Crippen molar-refractivity contribution in [3.63, 3.8) is 0 Å². The van der Waals surface area contributed by atoms with Gasteiger partial charge in [0.05, 0.1) is 6.54 Å². The number of hydrogen-bond donors (Lipinski definition) is 3. The Morgan fingerprint density at radius 3 is 2.78 bits per heavy atom. The monoisotopic (exact) mass is 248 g/mol. The highest BCUT2D eigenvalue weighted by Crippen LogP contribution is 2.05. The largest absolute Gasteiger partial charge is 0.370 e. The van der Waals surface area contributed by atoms with Crippen molar-refractivity contribution in [3.8, 4) is 0 Å². The van der Waals surface area contributed by atoms with Gasteiger partial charge >= 0.3 is 0 Å². The predicted molar refractivity (Wildman–Crippen MR) is 73.2 cm³/mol. The predicted octanol–water partition coefficient (Wildman–Crippen LogP) is 0.988. The van der Waals surface area contributed by atoms with E-state index in [0.29, 0.717) is 24.1 Å². The summed E-state index contributed by atoms with van der Waals surface area (Å²) in [5, 5.41) is 3.07. The minimum absolute atomic E-state index is 0.297. The Bertz CT molecular complexity index is 442. The van der Waals surface area contributed by atoms with Crippen LogP contribution in [0.3, 0.4) is 0 Å². The number of carbonyl (C=O) groups excluding carboxylic acids is 1. The molecule has 5 N–H and O–H groups in total. The molecule has 5 heteroatoms. The molecule has 0 spiro atoms. The molecule has 0 heterocycles. The third-order valence-corrected chi connectivity index (χ3v) is 2.65. The number of nitrogens with one attached hydrogen (secondary N) is 1. The summed E-state index contributed by atoms with van der Waals surface area (Å²) in [5.41, 5.74) is 12.3. The van der Waals surface area contributed by atoms with Crippen molar-refractivity contribution in [1.82, 2.24) is 5.32 Å². The second kappa shape index (κ2) is 6.64. The summed E-state index contributed by atoms with van der Waals surface area (Å²) in [6.45, 7) is 4.54. The van der Waals surface area contributed by atoms with Crippen molar-refractivity contribution in [3.05, 3.63) is 35.4 Å². The molecule has 5 nitrogen and oxygen atoms in total. The highest BCUT2D eigenvalue weighted by molar-refractivity contribution is 5.92. The van der Waals surface area contributed by atoms with E-state index in [4.69, 9.17) is 11.5 Å². The average Bonchev–Trinajstić information content (AvgIpc) is 2.36. The highest BCUT2D eigenvalue weighted by atomic mass is 16.1. The normalized spacial score (nSPS) is 13.1. The van der Waals surface area contributed by atoms with E-state index in [1.807, 2.05) is 13.0 Å². The van der Waals surface area contributed by atoms with E-state index < -0.39 is 5.91 Å². The van der Waals surface area contributed by atoms with Crippen molar-refractivity contribution in [2.24, 2.45) is 16.5 Å². The van der Waals surface area contributed by atoms with E-state index in [-0.39, 0.29) is 0 Å². The quantitative estimate of drug-likeness (QED) is 0.535. The van der Waals surface area contributed by atoms with Gasteiger partial charge in [-0.1, -0.05) is 19.1 Å². The molecule has 0 aliphatic heterocycles. The number of hydrogen-bond acceptors (Lipinski definition) is 2. The molecule has 0 saturated carbocycles. The van der Waals surface area contributed by atoms with Gasteiger partial charge in [0.2, 0.25) is 5.91 Å². The molecule has 0 radical (unpaired) electrons. The number of carbonyl (C=O) groups is 1. The molecule has 1 rings (SSSR count). The van der Waals surface area contributed by atoms with E-state index in [0.717, 1.165) is 12.0 Å². The van der Waals surface area contributed by atoms with Crippen LogP contribution < -0.4 is 16.8 Å². The molecule has 0 bridgehead atoms. The SMILES string of the molecule is CCC(C)NC(N)=NCc1cccc(C(N)=O)c1. The topological polar surface area (TPSA) is 93.5 Å². The summed E-state index contributed by atoms with van der Waals surface area (Å²) in [4.78, 5) is 15.2. The minimum Gasteiger partial charge on any atom is -0.370 e. The molecular weight excluding hydrogens is 228 g/mol. The van der Waals surface area contributed by atoms with Crippen LogP contribution in [-0.2, 0) is 6.54 Å². The van der Waals surface area contributed by atoms with Gasteiger partial charge in [-0.25, -0.2) is 4.99 Å². The van der Waals surface area contributed by atoms with Gasteiger partial charge in [0.1, 0.15) is 0 Å². The number of nitrogens with zero attached hydrogens (tertiary/aromatic N) is 1. The Kier molecular flexibility index (Phi) is 5.17. The van der Waals surface area contributed by atoms with Crippen LogP contribution in [0.4, 0.5) is 0 Å². The van der Waals surface area contributed by atoms with Crippen LogP contribution in [-0.4, -0.2) is 17.9 Å². The van der Waals surface area contributed by atoms with Gasteiger partial charge < -0.3 is 16.8 Å². The van der Waals surface area contributed by atoms with E-state index in [2.05, 4.69) is 17.2 Å². The maximum atomic E-state index is 11.0. The zero-order chi connectivity index (χ0) is 13.5. The van der Waals surface area contributed by atoms with E-state index >= 15 is 0 Å². The Labute approximate surface area is 107 Å². The zero-order valence-corrected chi connectivity index (χ0v) is 10.8. The van der Waals surface area contributed by atoms with Crippen LogP contribution in [0.25, 0.3) is 0 Å². The first kappa shape index (κ1) is 14.0. The summed E-state index contributed by atoms with van der Waals surface area (Å²) < 4.78 is 0. The first-order valence-corrected chi connectivity index (χ1v) is 5.98. The van der Waals surface area contributed by atoms with Gasteiger partial charge in [-0.3, -0.25) is 4.79 Å². The van der Waals surface area contributed by atoms with Crippen molar-refractivity contribution in [1.29, 1.82) is 0 Å². The molecule has 18 heavy (non-hydrogen) atoms. The molecule has 1 unspecified atom stereocenters. The number of rotatable bonds is 5. The molecular formula is C13H20N4O. The van der Waals surface area contributed by atoms with Gasteiger partial charge in [0.25, 0.3) is 0 Å². The summed E-state index contributed by atoms with van der Waals surface area (Å²) >= 11 is 0. The highest BCUT2D eigenvalue weighted by Gasteiger charge is 2.02. The fraction of sp³-hybridized carbons (Fsp3) is 0.385. The van der Waals surface area contributed by atoms with Crippen LogP contribution in [0.15, 0.2) is 29.3 Å². The van der Waals surface area contributed by atoms with Gasteiger partial charge in [-0.05, 0) is 31.0 Å². The molecule has 0 saturated heterocycles. The van der Waals surface area contributed by atoms with Gasteiger partial charge in [-0.15, -0.1) is 0 Å². The third kappa shape index (κ3) is 4.45. The first-order chi connectivity index (χ1) is 8.52. The smallest absolute Gasteiger partial charge is 0.248 e. The molecule has 1 amide bonds. The van der Waals surface area contributed by atoms with Crippen LogP contribution in [0.2, 0.25) is 0 Å². The summed E-state index contributed by atoms with van der Waals surface area (Å²) in [6.07, 6.45) is 0.980. The van der Waals surface area contributed by atoms with E-state index in [1.165, 1.54) is 0 Å². The summed E-state index contributed by atoms with van der Waals surface area (Å²) in [5.74, 6) is -0.0274. The van der Waals surface area contributed by atoms with Crippen LogP contribution >= 0.6 is 0 Å². The number of aliphatic imine (C=N–C) groups is 1. The Morgan fingerprint density at radius 2 is 2.17 bits per heavy atom. The van der Waals surface area contributed by atoms with Crippen molar-refractivity contribution >= 4 is 11.9 Å². The van der Waals surface area contributed by atoms with Gasteiger partial charge in [0.15, 0.2) is 5.96 Å². The second-order valence-electron chi connectivity index (χ2n) is 4.22. The van der Waals surface area contributed by atoms with Crippen LogP contribution in [0.1, 0.15) is 36.2 Å². The van der Waals surface area contributed by atoms with Gasteiger partial charge in [0, 0.05) is 11.6 Å². The van der Waals surface area contributed by atoms with Crippen molar-refractivity contribution in [2.45, 2.75) is 32.9 Å². The molecule has 0 aliphatic rings. The standard InChI is InChI=1S/C13H20N4O/c1-3-9(2)17-13(15)16-8-10-5-4-6-11(7-10)12(14)18/h4-7,9H,3,8H2,1-2H3,(H2,14,18)(H3,15,16,17). The van der Waals surface area contributed by atoms with Gasteiger partial charge in [-0.2, -0.15) is 0 Å². The fourth-order valence-corrected chi connectivity index (χ4v) is 1.40. The number of primary amides is 1. The lowest BCUT2D eigenvalue weighted by molar-refractivity contribution is 0.1000. The third-order valence-electron chi connectivity index (χ3n) is 2.65. The number of amides is 1. The van der Waals surface area contributed by atoms with Crippen LogP contribution in [0, 0.1) is 0 Å². The average molecular weight is 248 g/mol. The maximum absolute atomic E-state index is 11.0. The lowest BCUT2D eigenvalue weighted by Gasteiger charge is -2.11. The summed E-state index contributed by atoms with van der Waals surface area (Å²) in [7, 11) is 0. The lowest BCUT2D eigenvalue weighted by Crippen LogP contribution is -2.38. The number of guanidine groups is 1. The Balaban J connectivity index is 2.65. The Hall–Kier alpha value is -2.04. The van der Waals surface area contributed by atoms with Crippen molar-refractivity contribution in [2.75, 3.05) is 0 Å². The second-order valence-corrected chi connectivity index (χ2v) is 4.22. The minimum atomic E-state index is -0.438. The molecule has 0 aliphatic carbocycles. The van der Waals surface area contributed by atoms with E-state index in [9.17, 15) is 4.79 Å². The number of nitrogens with two attached hydrogens (primary N) is 2. The summed E-state index contributed by atoms with van der Waals surface area (Å²) in [6, 6.07) is 7.36. The Morgan fingerprint density at radius 1 is 1.44 bits per heavy atom. The first-order valence-electron chi connectivity index (χ1n) is 5.98. The van der Waals surface area contributed by atoms with Crippen LogP contribution in [0.5, 0.6) is 0 Å². The zero-order valence-electron chi connectivity index (χ0n) is 10.8. The molecule has 1 aromatic carbocycles. The fourth-order valence-electron chi connectivity index (χ4n) is 1.40. The lowest BCUT2D eigenvalue weighted by atomic mass is 10.1. The molecule has 1 aromatic rings. The molecule has 1 atom stereocenters. The molecule has 0 fully saturated rings. The molecule has 98 valence electrons. The van der Waals surface area contributed by atoms with Crippen molar-refractivity contribution < 1.29 is 4.79 Å². The van der Waals surface area contributed by atoms with E-state index in [1.54, 1.807) is 18.2 Å². The molecule has 0 aromatic heterocycles. The maximum Gasteiger partial charge on any atom is 0.248 e. The number of benzene rings is 1.